The highest BCUT2D eigenvalue weighted by molar-refractivity contribution is 5.41. The lowest BCUT2D eigenvalue weighted by molar-refractivity contribution is 0.624. The van der Waals surface area contributed by atoms with Crippen molar-refractivity contribution in [2.24, 2.45) is 5.92 Å². The van der Waals surface area contributed by atoms with E-state index in [9.17, 15) is 0 Å². The Morgan fingerprint density at radius 2 is 2.00 bits per heavy atom. The minimum absolute atomic E-state index is 0.431. The monoisotopic (exact) mass is 274 g/mol. The van der Waals surface area contributed by atoms with Gasteiger partial charge in [-0.15, -0.1) is 0 Å². The van der Waals surface area contributed by atoms with Crippen molar-refractivity contribution in [2.75, 3.05) is 23.8 Å². The molecule has 1 aliphatic heterocycles. The van der Waals surface area contributed by atoms with Crippen LogP contribution in [0.5, 0.6) is 0 Å². The highest BCUT2D eigenvalue weighted by Crippen LogP contribution is 2.26. The van der Waals surface area contributed by atoms with Gasteiger partial charge in [0.1, 0.15) is 12.7 Å². The van der Waals surface area contributed by atoms with E-state index in [0.717, 1.165) is 13.0 Å². The number of rotatable bonds is 3. The molecule has 1 aliphatic rings. The summed E-state index contributed by atoms with van der Waals surface area (Å²) in [5.74, 6) is 2.34. The fraction of sp³-hybridized carbons (Fsp3) is 0.583. The molecule has 0 amide bonds. The van der Waals surface area contributed by atoms with Gasteiger partial charge in [-0.25, -0.2) is 4.98 Å². The van der Waals surface area contributed by atoms with E-state index < -0.39 is 0 Å². The van der Waals surface area contributed by atoms with Crippen LogP contribution >= 0.6 is 0 Å². The summed E-state index contributed by atoms with van der Waals surface area (Å²) in [6, 6.07) is 0.431. The van der Waals surface area contributed by atoms with Gasteiger partial charge in [-0.3, -0.25) is 0 Å². The minimum Gasteiger partial charge on any atom is -0.357 e. The molecule has 20 heavy (non-hydrogen) atoms. The normalized spacial score (nSPS) is 22.2. The van der Waals surface area contributed by atoms with Gasteiger partial charge in [0.2, 0.25) is 11.9 Å². The van der Waals surface area contributed by atoms with Gasteiger partial charge in [0.05, 0.1) is 0 Å². The second-order valence-electron chi connectivity index (χ2n) is 5.19. The van der Waals surface area contributed by atoms with Gasteiger partial charge in [-0.2, -0.15) is 24.7 Å². The number of anilines is 2. The van der Waals surface area contributed by atoms with E-state index in [4.69, 9.17) is 0 Å². The number of nitrogens with zero attached hydrogens (tertiary/aromatic N) is 7. The summed E-state index contributed by atoms with van der Waals surface area (Å²) in [7, 11) is 1.79. The highest BCUT2D eigenvalue weighted by Gasteiger charge is 2.28. The van der Waals surface area contributed by atoms with Crippen LogP contribution in [0.3, 0.4) is 0 Å². The quantitative estimate of drug-likeness (QED) is 0.883. The summed E-state index contributed by atoms with van der Waals surface area (Å²) in [5, 5.41) is 7.04. The summed E-state index contributed by atoms with van der Waals surface area (Å²) >= 11 is 0. The van der Waals surface area contributed by atoms with Crippen molar-refractivity contribution in [1.82, 2.24) is 29.7 Å². The Morgan fingerprint density at radius 1 is 1.20 bits per heavy atom. The largest absolute Gasteiger partial charge is 0.357 e. The van der Waals surface area contributed by atoms with Gasteiger partial charge in [0, 0.05) is 19.6 Å². The Kier molecular flexibility index (Phi) is 3.21. The minimum atomic E-state index is 0.431. The third-order valence-electron chi connectivity index (χ3n) is 3.50. The third kappa shape index (κ3) is 2.28. The molecule has 0 radical (unpaired) electrons. The number of aromatic nitrogens is 6. The number of hydrogen-bond acceptors (Lipinski definition) is 7. The summed E-state index contributed by atoms with van der Waals surface area (Å²) in [5.41, 5.74) is 0. The molecule has 2 aromatic rings. The molecule has 106 valence electrons. The summed E-state index contributed by atoms with van der Waals surface area (Å²) in [6.45, 7) is 5.40. The molecule has 3 rings (SSSR count). The summed E-state index contributed by atoms with van der Waals surface area (Å²) in [6.07, 6.45) is 4.19. The molecular weight excluding hydrogens is 256 g/mol. The predicted molar refractivity (Wildman–Crippen MR) is 74.9 cm³/mol. The zero-order valence-electron chi connectivity index (χ0n) is 11.9. The molecular formula is C12H18N8. The highest BCUT2D eigenvalue weighted by atomic mass is 15.4. The maximum Gasteiger partial charge on any atom is 0.258 e. The average Bonchev–Trinajstić information content (AvgIpc) is 3.08. The van der Waals surface area contributed by atoms with E-state index in [-0.39, 0.29) is 0 Å². The number of nitrogens with one attached hydrogen (secondary N) is 1. The van der Waals surface area contributed by atoms with Crippen LogP contribution in [0.25, 0.3) is 5.95 Å². The first-order valence-electron chi connectivity index (χ1n) is 6.73. The molecule has 2 unspecified atom stereocenters. The van der Waals surface area contributed by atoms with Crippen LogP contribution in [-0.4, -0.2) is 49.4 Å². The van der Waals surface area contributed by atoms with Crippen molar-refractivity contribution in [3.8, 4) is 5.95 Å². The molecule has 0 spiro atoms. The predicted octanol–water partition coefficient (Wildman–Crippen LogP) is 0.729. The van der Waals surface area contributed by atoms with Crippen LogP contribution < -0.4 is 10.2 Å². The molecule has 0 aliphatic carbocycles. The van der Waals surface area contributed by atoms with Crippen molar-refractivity contribution in [2.45, 2.75) is 26.3 Å². The first kappa shape index (κ1) is 12.8. The van der Waals surface area contributed by atoms with E-state index >= 15 is 0 Å². The Balaban J connectivity index is 2.00. The van der Waals surface area contributed by atoms with Gasteiger partial charge in [-0.1, -0.05) is 6.92 Å². The Morgan fingerprint density at radius 3 is 2.60 bits per heavy atom. The fourth-order valence-corrected chi connectivity index (χ4v) is 2.59. The first-order valence-corrected chi connectivity index (χ1v) is 6.73. The van der Waals surface area contributed by atoms with Crippen molar-refractivity contribution >= 4 is 11.9 Å². The molecule has 0 aromatic carbocycles. The maximum absolute atomic E-state index is 4.51. The smallest absolute Gasteiger partial charge is 0.258 e. The Labute approximate surface area is 117 Å². The van der Waals surface area contributed by atoms with Crippen molar-refractivity contribution < 1.29 is 0 Å². The first-order chi connectivity index (χ1) is 9.67. The van der Waals surface area contributed by atoms with Crippen molar-refractivity contribution in [1.29, 1.82) is 0 Å². The van der Waals surface area contributed by atoms with Gasteiger partial charge in [-0.05, 0) is 19.3 Å². The van der Waals surface area contributed by atoms with Crippen LogP contribution in [0.4, 0.5) is 11.9 Å². The molecule has 1 N–H and O–H groups in total. The lowest BCUT2D eigenvalue weighted by Gasteiger charge is -2.21. The van der Waals surface area contributed by atoms with Crippen LogP contribution in [0.15, 0.2) is 12.7 Å². The van der Waals surface area contributed by atoms with Gasteiger partial charge < -0.3 is 10.2 Å². The van der Waals surface area contributed by atoms with Crippen LogP contribution in [0.2, 0.25) is 0 Å². The van der Waals surface area contributed by atoms with E-state index in [0.29, 0.717) is 29.8 Å². The summed E-state index contributed by atoms with van der Waals surface area (Å²) in [4.78, 5) is 19.4. The van der Waals surface area contributed by atoms with E-state index in [1.807, 2.05) is 0 Å². The fourth-order valence-electron chi connectivity index (χ4n) is 2.59. The van der Waals surface area contributed by atoms with Gasteiger partial charge >= 0.3 is 0 Å². The van der Waals surface area contributed by atoms with Crippen LogP contribution in [-0.2, 0) is 0 Å². The molecule has 1 saturated heterocycles. The lowest BCUT2D eigenvalue weighted by Crippen LogP contribution is -2.29. The lowest BCUT2D eigenvalue weighted by atomic mass is 10.1. The molecule has 1 fully saturated rings. The van der Waals surface area contributed by atoms with E-state index in [1.165, 1.54) is 11.0 Å². The van der Waals surface area contributed by atoms with Crippen molar-refractivity contribution in [3.05, 3.63) is 12.7 Å². The zero-order valence-corrected chi connectivity index (χ0v) is 11.9. The maximum atomic E-state index is 4.51. The average molecular weight is 274 g/mol. The SMILES string of the molecule is CNc1nc(N2CC(C)CC2C)nc(-n2cncn2)n1. The second-order valence-corrected chi connectivity index (χ2v) is 5.19. The Bertz CT molecular complexity index is 581. The molecule has 2 aromatic heterocycles. The topological polar surface area (TPSA) is 84.7 Å². The van der Waals surface area contributed by atoms with Crippen LogP contribution in [0, 0.1) is 5.92 Å². The van der Waals surface area contributed by atoms with E-state index in [1.54, 1.807) is 13.4 Å². The Hall–Kier alpha value is -2.25. The van der Waals surface area contributed by atoms with Crippen molar-refractivity contribution in [3.63, 3.8) is 0 Å². The molecule has 8 nitrogen and oxygen atoms in total. The number of hydrogen-bond donors (Lipinski definition) is 1. The molecule has 3 heterocycles. The van der Waals surface area contributed by atoms with E-state index in [2.05, 4.69) is 49.1 Å². The molecule has 0 bridgehead atoms. The van der Waals surface area contributed by atoms with Gasteiger partial charge in [0.15, 0.2) is 0 Å². The standard InChI is InChI=1S/C12H18N8/c1-8-4-9(2)19(5-8)11-16-10(13-3)17-12(18-11)20-7-14-6-15-20/h6-9H,4-5H2,1-3H3,(H,13,16,17,18). The van der Waals surface area contributed by atoms with Gasteiger partial charge in [0.25, 0.3) is 5.95 Å². The van der Waals surface area contributed by atoms with Crippen LogP contribution in [0.1, 0.15) is 20.3 Å². The molecule has 2 atom stereocenters. The molecule has 0 saturated carbocycles. The zero-order chi connectivity index (χ0) is 14.1. The molecule has 8 heteroatoms. The summed E-state index contributed by atoms with van der Waals surface area (Å²) < 4.78 is 1.54. The second kappa shape index (κ2) is 5.03. The third-order valence-corrected chi connectivity index (χ3v) is 3.50.